The number of rotatable bonds is 2. The Kier molecular flexibility index (Phi) is 3.34. The van der Waals surface area contributed by atoms with Gasteiger partial charge in [-0.3, -0.25) is 4.79 Å². The third-order valence-electron chi connectivity index (χ3n) is 2.68. The number of benzene rings is 2. The fraction of sp³-hybridized carbons (Fsp3) is 0.0714. The SMILES string of the molecule is CC(=O)c1ccc(-c2ccc(Cl)cc2F)c(N)c1. The van der Waals surface area contributed by atoms with Crippen LogP contribution in [0.1, 0.15) is 17.3 Å². The second kappa shape index (κ2) is 4.78. The molecule has 0 aliphatic carbocycles. The van der Waals surface area contributed by atoms with Crippen molar-refractivity contribution in [3.63, 3.8) is 0 Å². The number of hydrogen-bond acceptors (Lipinski definition) is 2. The molecule has 0 radical (unpaired) electrons. The van der Waals surface area contributed by atoms with Gasteiger partial charge >= 0.3 is 0 Å². The molecule has 2 nitrogen and oxygen atoms in total. The molecule has 0 spiro atoms. The van der Waals surface area contributed by atoms with Crippen molar-refractivity contribution >= 4 is 23.1 Å². The van der Waals surface area contributed by atoms with E-state index in [0.29, 0.717) is 27.4 Å². The maximum atomic E-state index is 13.8. The minimum absolute atomic E-state index is 0.0789. The van der Waals surface area contributed by atoms with Crippen molar-refractivity contribution in [1.29, 1.82) is 0 Å². The van der Waals surface area contributed by atoms with Crippen molar-refractivity contribution in [3.05, 3.63) is 52.8 Å². The van der Waals surface area contributed by atoms with Crippen LogP contribution < -0.4 is 5.73 Å². The molecule has 92 valence electrons. The summed E-state index contributed by atoms with van der Waals surface area (Å²) in [4.78, 5) is 11.2. The molecule has 2 aromatic carbocycles. The van der Waals surface area contributed by atoms with Crippen molar-refractivity contribution < 1.29 is 9.18 Å². The smallest absolute Gasteiger partial charge is 0.159 e. The van der Waals surface area contributed by atoms with Gasteiger partial charge in [0.1, 0.15) is 5.82 Å². The molecule has 2 rings (SSSR count). The molecule has 0 aliphatic heterocycles. The Balaban J connectivity index is 2.54. The molecule has 0 amide bonds. The van der Waals surface area contributed by atoms with Gasteiger partial charge in [-0.1, -0.05) is 23.7 Å². The van der Waals surface area contributed by atoms with Crippen LogP contribution in [0.4, 0.5) is 10.1 Å². The zero-order valence-electron chi connectivity index (χ0n) is 9.71. The topological polar surface area (TPSA) is 43.1 Å². The second-order valence-electron chi connectivity index (χ2n) is 3.98. The van der Waals surface area contributed by atoms with Gasteiger partial charge in [-0.05, 0) is 31.2 Å². The molecule has 0 unspecified atom stereocenters. The van der Waals surface area contributed by atoms with Crippen molar-refractivity contribution in [2.24, 2.45) is 0 Å². The molecule has 0 heterocycles. The van der Waals surface area contributed by atoms with E-state index < -0.39 is 5.82 Å². The highest BCUT2D eigenvalue weighted by molar-refractivity contribution is 6.30. The van der Waals surface area contributed by atoms with E-state index in [0.717, 1.165) is 0 Å². The third kappa shape index (κ3) is 2.36. The first-order valence-corrected chi connectivity index (χ1v) is 5.72. The van der Waals surface area contributed by atoms with Crippen LogP contribution in [0.25, 0.3) is 11.1 Å². The Bertz CT molecular complexity index is 625. The maximum absolute atomic E-state index is 13.8. The van der Waals surface area contributed by atoms with Gasteiger partial charge in [0.15, 0.2) is 5.78 Å². The van der Waals surface area contributed by atoms with Gasteiger partial charge in [-0.2, -0.15) is 0 Å². The molecule has 0 saturated heterocycles. The van der Waals surface area contributed by atoms with E-state index in [1.165, 1.54) is 13.0 Å². The molecule has 18 heavy (non-hydrogen) atoms. The highest BCUT2D eigenvalue weighted by Crippen LogP contribution is 2.30. The van der Waals surface area contributed by atoms with Gasteiger partial charge in [-0.25, -0.2) is 4.39 Å². The van der Waals surface area contributed by atoms with E-state index in [4.69, 9.17) is 17.3 Å². The summed E-state index contributed by atoms with van der Waals surface area (Å²) >= 11 is 5.70. The van der Waals surface area contributed by atoms with Crippen LogP contribution in [0.2, 0.25) is 5.02 Å². The minimum atomic E-state index is -0.440. The first-order chi connectivity index (χ1) is 8.49. The highest BCUT2D eigenvalue weighted by atomic mass is 35.5. The summed E-state index contributed by atoms with van der Waals surface area (Å²) in [5.74, 6) is -0.519. The lowest BCUT2D eigenvalue weighted by molar-refractivity contribution is 0.101. The molecule has 0 fully saturated rings. The number of carbonyl (C=O) groups is 1. The normalized spacial score (nSPS) is 10.4. The summed E-state index contributed by atoms with van der Waals surface area (Å²) < 4.78 is 13.8. The van der Waals surface area contributed by atoms with Gasteiger partial charge in [0.05, 0.1) is 0 Å². The van der Waals surface area contributed by atoms with E-state index >= 15 is 0 Å². The first kappa shape index (κ1) is 12.6. The zero-order chi connectivity index (χ0) is 13.3. The van der Waals surface area contributed by atoms with E-state index in [-0.39, 0.29) is 5.78 Å². The maximum Gasteiger partial charge on any atom is 0.159 e. The van der Waals surface area contributed by atoms with Gasteiger partial charge in [0, 0.05) is 27.4 Å². The number of nitrogens with two attached hydrogens (primary N) is 1. The lowest BCUT2D eigenvalue weighted by Crippen LogP contribution is -1.97. The molecule has 2 N–H and O–H groups in total. The van der Waals surface area contributed by atoms with Crippen LogP contribution >= 0.6 is 11.6 Å². The van der Waals surface area contributed by atoms with E-state index in [9.17, 15) is 9.18 Å². The fourth-order valence-corrected chi connectivity index (χ4v) is 1.89. The molecule has 0 aromatic heterocycles. The molecule has 0 atom stereocenters. The third-order valence-corrected chi connectivity index (χ3v) is 2.91. The van der Waals surface area contributed by atoms with Crippen molar-refractivity contribution in [3.8, 4) is 11.1 Å². The first-order valence-electron chi connectivity index (χ1n) is 5.35. The Morgan fingerprint density at radius 3 is 2.39 bits per heavy atom. The Morgan fingerprint density at radius 1 is 1.17 bits per heavy atom. The molecule has 0 bridgehead atoms. The number of carbonyl (C=O) groups excluding carboxylic acids is 1. The van der Waals surface area contributed by atoms with Crippen molar-refractivity contribution in [2.45, 2.75) is 6.92 Å². The molecular formula is C14H11ClFNO. The zero-order valence-corrected chi connectivity index (χ0v) is 10.5. The standard InChI is InChI=1S/C14H11ClFNO/c1-8(18)9-2-4-12(14(17)6-9)11-5-3-10(15)7-13(11)16/h2-7H,17H2,1H3. The average molecular weight is 264 g/mol. The molecule has 4 heteroatoms. The number of anilines is 1. The van der Waals surface area contributed by atoms with Gasteiger partial charge in [0.2, 0.25) is 0 Å². The largest absolute Gasteiger partial charge is 0.398 e. The molecule has 2 aromatic rings. The van der Waals surface area contributed by atoms with Gasteiger partial charge in [-0.15, -0.1) is 0 Å². The predicted octanol–water partition coefficient (Wildman–Crippen LogP) is 3.93. The minimum Gasteiger partial charge on any atom is -0.398 e. The monoisotopic (exact) mass is 263 g/mol. The van der Waals surface area contributed by atoms with E-state index in [1.54, 1.807) is 30.3 Å². The quantitative estimate of drug-likeness (QED) is 0.659. The summed E-state index contributed by atoms with van der Waals surface area (Å²) in [7, 11) is 0. The van der Waals surface area contributed by atoms with Crippen molar-refractivity contribution in [2.75, 3.05) is 5.73 Å². The number of nitrogen functional groups attached to an aromatic ring is 1. The predicted molar refractivity (Wildman–Crippen MR) is 71.3 cm³/mol. The van der Waals surface area contributed by atoms with Crippen LogP contribution in [-0.4, -0.2) is 5.78 Å². The van der Waals surface area contributed by atoms with Crippen LogP contribution in [0, 0.1) is 5.82 Å². The molecule has 0 aliphatic rings. The van der Waals surface area contributed by atoms with Crippen molar-refractivity contribution in [1.82, 2.24) is 0 Å². The number of ketones is 1. The lowest BCUT2D eigenvalue weighted by atomic mass is 10.00. The Morgan fingerprint density at radius 2 is 1.83 bits per heavy atom. The van der Waals surface area contributed by atoms with Crippen LogP contribution in [-0.2, 0) is 0 Å². The average Bonchev–Trinajstić information content (AvgIpc) is 2.30. The Hall–Kier alpha value is -1.87. The van der Waals surface area contributed by atoms with E-state index in [1.807, 2.05) is 0 Å². The highest BCUT2D eigenvalue weighted by Gasteiger charge is 2.10. The summed E-state index contributed by atoms with van der Waals surface area (Å²) in [5.41, 5.74) is 7.63. The van der Waals surface area contributed by atoms with Crippen LogP contribution in [0.5, 0.6) is 0 Å². The fourth-order valence-electron chi connectivity index (χ4n) is 1.73. The Labute approximate surface area is 109 Å². The van der Waals surface area contributed by atoms with Gasteiger partial charge < -0.3 is 5.73 Å². The summed E-state index contributed by atoms with van der Waals surface area (Å²) in [5, 5.41) is 0.329. The summed E-state index contributed by atoms with van der Waals surface area (Å²) in [6.45, 7) is 1.46. The van der Waals surface area contributed by atoms with Crippen LogP contribution in [0.3, 0.4) is 0 Å². The van der Waals surface area contributed by atoms with Crippen LogP contribution in [0.15, 0.2) is 36.4 Å². The number of halogens is 2. The second-order valence-corrected chi connectivity index (χ2v) is 4.42. The van der Waals surface area contributed by atoms with E-state index in [2.05, 4.69) is 0 Å². The number of Topliss-reactive ketones (excluding diaryl/α,β-unsaturated/α-hetero) is 1. The van der Waals surface area contributed by atoms with Gasteiger partial charge in [0.25, 0.3) is 0 Å². The summed E-state index contributed by atoms with van der Waals surface area (Å²) in [6.07, 6.45) is 0. The summed E-state index contributed by atoms with van der Waals surface area (Å²) in [6, 6.07) is 9.20. The molecule has 0 saturated carbocycles. The molecular weight excluding hydrogens is 253 g/mol. The lowest BCUT2D eigenvalue weighted by Gasteiger charge is -2.08. The number of hydrogen-bond donors (Lipinski definition) is 1.